The van der Waals surface area contributed by atoms with Crippen molar-refractivity contribution in [1.29, 1.82) is 0 Å². The van der Waals surface area contributed by atoms with Crippen molar-refractivity contribution >= 4 is 11.9 Å². The Hall–Kier alpha value is -2.28. The van der Waals surface area contributed by atoms with Crippen LogP contribution in [0.15, 0.2) is 29.3 Å². The number of rotatable bonds is 8. The number of carbonyl (C=O) groups excluding carboxylic acids is 1. The number of carbonyl (C=O) groups is 1. The lowest BCUT2D eigenvalue weighted by atomic mass is 10.1. The van der Waals surface area contributed by atoms with Crippen LogP contribution in [0.25, 0.3) is 0 Å². The Balaban J connectivity index is 2.08. The van der Waals surface area contributed by atoms with Gasteiger partial charge in [-0.2, -0.15) is 0 Å². The Kier molecular flexibility index (Phi) is 8.39. The zero-order valence-corrected chi connectivity index (χ0v) is 17.0. The molecule has 0 spiro atoms. The van der Waals surface area contributed by atoms with Crippen molar-refractivity contribution < 1.29 is 9.53 Å². The molecular weight excluding hydrogens is 342 g/mol. The van der Waals surface area contributed by atoms with E-state index >= 15 is 0 Å². The van der Waals surface area contributed by atoms with Gasteiger partial charge in [0.2, 0.25) is 5.91 Å². The third kappa shape index (κ3) is 6.43. The van der Waals surface area contributed by atoms with E-state index in [9.17, 15) is 4.79 Å². The number of aliphatic imine (C=N–C) groups is 1. The van der Waals surface area contributed by atoms with Gasteiger partial charge in [-0.15, -0.1) is 0 Å². The summed E-state index contributed by atoms with van der Waals surface area (Å²) < 4.78 is 5.28. The highest BCUT2D eigenvalue weighted by Crippen LogP contribution is 2.26. The van der Waals surface area contributed by atoms with Gasteiger partial charge < -0.3 is 20.3 Å². The standard InChI is InChI=1S/C20H33N5O2/c1-5-21-20(23-15-19(26)24(2)3)22-14-18(25-12-6-7-13-25)16-8-10-17(27-4)11-9-16/h8-11,18H,5-7,12-15H2,1-4H3,(H2,21,22,23). The van der Waals surface area contributed by atoms with Gasteiger partial charge >= 0.3 is 0 Å². The molecule has 0 bridgehead atoms. The van der Waals surface area contributed by atoms with Crippen molar-refractivity contribution in [3.05, 3.63) is 29.8 Å². The summed E-state index contributed by atoms with van der Waals surface area (Å²) in [7, 11) is 5.17. The molecule has 1 aromatic carbocycles. The second-order valence-electron chi connectivity index (χ2n) is 6.90. The van der Waals surface area contributed by atoms with Gasteiger partial charge in [0.15, 0.2) is 5.96 Å². The van der Waals surface area contributed by atoms with Crippen LogP contribution in [-0.2, 0) is 4.79 Å². The highest BCUT2D eigenvalue weighted by Gasteiger charge is 2.23. The summed E-state index contributed by atoms with van der Waals surface area (Å²) in [5.74, 6) is 1.52. The number of methoxy groups -OCH3 is 1. The third-order valence-corrected chi connectivity index (χ3v) is 4.76. The summed E-state index contributed by atoms with van der Waals surface area (Å²) in [6.45, 7) is 5.84. The number of nitrogens with one attached hydrogen (secondary N) is 2. The SMILES string of the molecule is CCNC(=NCC(=O)N(C)C)NCC(c1ccc(OC)cc1)N1CCCC1. The molecule has 0 radical (unpaired) electrons. The first-order chi connectivity index (χ1) is 13.0. The molecule has 150 valence electrons. The summed E-state index contributed by atoms with van der Waals surface area (Å²) in [6.07, 6.45) is 2.47. The number of ether oxygens (including phenoxy) is 1. The first-order valence-electron chi connectivity index (χ1n) is 9.65. The van der Waals surface area contributed by atoms with E-state index in [0.717, 1.165) is 31.9 Å². The van der Waals surface area contributed by atoms with Crippen LogP contribution in [0.1, 0.15) is 31.4 Å². The largest absolute Gasteiger partial charge is 0.497 e. The molecule has 0 aromatic heterocycles. The maximum atomic E-state index is 11.8. The van der Waals surface area contributed by atoms with Crippen LogP contribution in [0.5, 0.6) is 5.75 Å². The van der Waals surface area contributed by atoms with E-state index in [1.165, 1.54) is 18.4 Å². The maximum Gasteiger partial charge on any atom is 0.243 e. The number of hydrogen-bond donors (Lipinski definition) is 2. The van der Waals surface area contributed by atoms with E-state index in [1.807, 2.05) is 19.1 Å². The molecule has 0 saturated carbocycles. The van der Waals surface area contributed by atoms with E-state index in [4.69, 9.17) is 4.74 Å². The van der Waals surface area contributed by atoms with Crippen molar-refractivity contribution in [2.75, 3.05) is 53.9 Å². The highest BCUT2D eigenvalue weighted by atomic mass is 16.5. The molecule has 1 saturated heterocycles. The van der Waals surface area contributed by atoms with Crippen molar-refractivity contribution in [3.8, 4) is 5.75 Å². The molecule has 0 aliphatic carbocycles. The predicted molar refractivity (Wildman–Crippen MR) is 109 cm³/mol. The number of amides is 1. The van der Waals surface area contributed by atoms with Crippen LogP contribution >= 0.6 is 0 Å². The molecule has 1 aliphatic heterocycles. The van der Waals surface area contributed by atoms with Crippen molar-refractivity contribution in [3.63, 3.8) is 0 Å². The van der Waals surface area contributed by atoms with Crippen LogP contribution < -0.4 is 15.4 Å². The van der Waals surface area contributed by atoms with Gasteiger partial charge in [0.1, 0.15) is 12.3 Å². The van der Waals surface area contributed by atoms with Crippen LogP contribution in [0, 0.1) is 0 Å². The second-order valence-corrected chi connectivity index (χ2v) is 6.90. The van der Waals surface area contributed by atoms with Gasteiger partial charge in [0.25, 0.3) is 0 Å². The molecule has 1 aromatic rings. The minimum atomic E-state index is -0.0153. The molecule has 27 heavy (non-hydrogen) atoms. The minimum absolute atomic E-state index is 0.0153. The second kappa shape index (κ2) is 10.8. The van der Waals surface area contributed by atoms with Crippen LogP contribution in [0.4, 0.5) is 0 Å². The first kappa shape index (κ1) is 21.0. The zero-order chi connectivity index (χ0) is 19.6. The fraction of sp³-hybridized carbons (Fsp3) is 0.600. The number of likely N-dealkylation sites (N-methyl/N-ethyl adjacent to an activating group) is 1. The molecule has 2 rings (SSSR count). The Bertz CT molecular complexity index is 609. The van der Waals surface area contributed by atoms with Crippen molar-refractivity contribution in [2.24, 2.45) is 4.99 Å². The number of hydrogen-bond acceptors (Lipinski definition) is 4. The highest BCUT2D eigenvalue weighted by molar-refractivity contribution is 5.84. The third-order valence-electron chi connectivity index (χ3n) is 4.76. The van der Waals surface area contributed by atoms with E-state index in [0.29, 0.717) is 5.96 Å². The molecule has 1 atom stereocenters. The van der Waals surface area contributed by atoms with Gasteiger partial charge in [-0.1, -0.05) is 12.1 Å². The fourth-order valence-electron chi connectivity index (χ4n) is 3.16. The van der Waals surface area contributed by atoms with Gasteiger partial charge in [-0.05, 0) is 50.6 Å². The Labute approximate surface area is 162 Å². The zero-order valence-electron chi connectivity index (χ0n) is 17.0. The molecule has 1 aliphatic rings. The van der Waals surface area contributed by atoms with Crippen LogP contribution in [-0.4, -0.2) is 75.6 Å². The Morgan fingerprint density at radius 2 is 1.89 bits per heavy atom. The molecule has 2 N–H and O–H groups in total. The van der Waals surface area contributed by atoms with E-state index in [1.54, 1.807) is 26.1 Å². The minimum Gasteiger partial charge on any atom is -0.497 e. The van der Waals surface area contributed by atoms with Gasteiger partial charge in [-0.3, -0.25) is 9.69 Å². The monoisotopic (exact) mass is 375 g/mol. The predicted octanol–water partition coefficient (Wildman–Crippen LogP) is 1.48. The smallest absolute Gasteiger partial charge is 0.243 e. The average Bonchev–Trinajstić information content (AvgIpc) is 3.20. The number of nitrogens with zero attached hydrogens (tertiary/aromatic N) is 3. The molecule has 1 heterocycles. The van der Waals surface area contributed by atoms with Crippen LogP contribution in [0.2, 0.25) is 0 Å². The van der Waals surface area contributed by atoms with E-state index in [2.05, 4.69) is 32.7 Å². The lowest BCUT2D eigenvalue weighted by molar-refractivity contribution is -0.127. The van der Waals surface area contributed by atoms with Gasteiger partial charge in [-0.25, -0.2) is 4.99 Å². The van der Waals surface area contributed by atoms with Crippen molar-refractivity contribution in [2.45, 2.75) is 25.8 Å². The average molecular weight is 376 g/mol. The molecule has 7 nitrogen and oxygen atoms in total. The van der Waals surface area contributed by atoms with Crippen molar-refractivity contribution in [1.82, 2.24) is 20.4 Å². The van der Waals surface area contributed by atoms with E-state index in [-0.39, 0.29) is 18.5 Å². The molecule has 1 amide bonds. The first-order valence-corrected chi connectivity index (χ1v) is 9.65. The summed E-state index contributed by atoms with van der Waals surface area (Å²) in [5, 5.41) is 6.64. The summed E-state index contributed by atoms with van der Waals surface area (Å²) in [4.78, 5) is 20.3. The molecule has 1 unspecified atom stereocenters. The molecule has 1 fully saturated rings. The van der Waals surface area contributed by atoms with Gasteiger partial charge in [0, 0.05) is 27.2 Å². The van der Waals surface area contributed by atoms with Crippen LogP contribution in [0.3, 0.4) is 0 Å². The summed E-state index contributed by atoms with van der Waals surface area (Å²) >= 11 is 0. The lowest BCUT2D eigenvalue weighted by Gasteiger charge is -2.29. The Morgan fingerprint density at radius 1 is 1.22 bits per heavy atom. The quantitative estimate of drug-likeness (QED) is 0.532. The number of benzene rings is 1. The fourth-order valence-corrected chi connectivity index (χ4v) is 3.16. The summed E-state index contributed by atoms with van der Waals surface area (Å²) in [5.41, 5.74) is 1.26. The number of guanidine groups is 1. The summed E-state index contributed by atoms with van der Waals surface area (Å²) in [6, 6.07) is 8.53. The molecule has 7 heteroatoms. The number of likely N-dealkylation sites (tertiary alicyclic amines) is 1. The molecular formula is C20H33N5O2. The lowest BCUT2D eigenvalue weighted by Crippen LogP contribution is -2.43. The Morgan fingerprint density at radius 3 is 2.44 bits per heavy atom. The topological polar surface area (TPSA) is 69.2 Å². The maximum absolute atomic E-state index is 11.8. The van der Waals surface area contributed by atoms with Gasteiger partial charge in [0.05, 0.1) is 13.2 Å². The van der Waals surface area contributed by atoms with E-state index < -0.39 is 0 Å². The normalized spacial score (nSPS) is 16.1.